The van der Waals surface area contributed by atoms with Gasteiger partial charge in [0.1, 0.15) is 0 Å². The van der Waals surface area contributed by atoms with Crippen LogP contribution in [0.25, 0.3) is 0 Å². The predicted molar refractivity (Wildman–Crippen MR) is 92.3 cm³/mol. The molecule has 1 aromatic heterocycles. The van der Waals surface area contributed by atoms with E-state index in [1.165, 1.54) is 17.7 Å². The van der Waals surface area contributed by atoms with Crippen LogP contribution in [0.2, 0.25) is 0 Å². The molecule has 2 amide bonds. The third kappa shape index (κ3) is 2.86. The summed E-state index contributed by atoms with van der Waals surface area (Å²) in [4.78, 5) is 30.3. The van der Waals surface area contributed by atoms with Crippen LogP contribution in [0.1, 0.15) is 52.4 Å². The third-order valence-electron chi connectivity index (χ3n) is 4.46. The summed E-state index contributed by atoms with van der Waals surface area (Å²) in [7, 11) is 0. The number of unbranched alkanes of at least 4 members (excludes halogenated alkanes) is 1. The highest BCUT2D eigenvalue weighted by atomic mass is 32.2. The maximum atomic E-state index is 12.3. The van der Waals surface area contributed by atoms with E-state index in [2.05, 4.69) is 15.7 Å². The molecule has 1 fully saturated rings. The van der Waals surface area contributed by atoms with Crippen molar-refractivity contribution in [3.05, 3.63) is 47.8 Å². The molecule has 0 N–H and O–H groups in total. The zero-order chi connectivity index (χ0) is 16.5. The number of aromatic nitrogens is 2. The molecule has 6 heteroatoms. The standard InChI is InChI=1S/C18H19N3O2S/c22-16-14-5-1-2-6-15(14)17(23)21(16)10-3-4-12-24-18-19-9-11-20(18)13-7-8-13/h1-2,5-6,9,11,13H,3-4,7-8,10,12H2. The maximum absolute atomic E-state index is 12.3. The van der Waals surface area contributed by atoms with E-state index in [-0.39, 0.29) is 11.8 Å². The van der Waals surface area contributed by atoms with E-state index in [1.807, 2.05) is 6.20 Å². The number of hydrogen-bond acceptors (Lipinski definition) is 4. The van der Waals surface area contributed by atoms with Gasteiger partial charge in [0, 0.05) is 30.7 Å². The second-order valence-electron chi connectivity index (χ2n) is 6.21. The molecule has 1 saturated carbocycles. The fraction of sp³-hybridized carbons (Fsp3) is 0.389. The number of thioether (sulfide) groups is 1. The van der Waals surface area contributed by atoms with Crippen molar-refractivity contribution >= 4 is 23.6 Å². The summed E-state index contributed by atoms with van der Waals surface area (Å²) in [6.45, 7) is 0.490. The first-order valence-corrected chi connectivity index (χ1v) is 9.35. The van der Waals surface area contributed by atoms with Crippen molar-refractivity contribution < 1.29 is 9.59 Å². The summed E-state index contributed by atoms with van der Waals surface area (Å²) < 4.78 is 2.26. The number of hydrogen-bond donors (Lipinski definition) is 0. The van der Waals surface area contributed by atoms with Gasteiger partial charge in [-0.15, -0.1) is 0 Å². The summed E-state index contributed by atoms with van der Waals surface area (Å²) in [5, 5.41) is 1.08. The number of imide groups is 1. The van der Waals surface area contributed by atoms with Gasteiger partial charge in [-0.2, -0.15) is 0 Å². The van der Waals surface area contributed by atoms with E-state index in [1.54, 1.807) is 36.0 Å². The van der Waals surface area contributed by atoms with Crippen molar-refractivity contribution in [3.63, 3.8) is 0 Å². The van der Waals surface area contributed by atoms with Crippen molar-refractivity contribution in [1.82, 2.24) is 14.5 Å². The largest absolute Gasteiger partial charge is 0.323 e. The number of amides is 2. The number of benzene rings is 1. The highest BCUT2D eigenvalue weighted by Gasteiger charge is 2.34. The molecule has 2 aromatic rings. The summed E-state index contributed by atoms with van der Waals surface area (Å²) in [5.41, 5.74) is 1.06. The molecule has 1 aliphatic heterocycles. The van der Waals surface area contributed by atoms with Crippen molar-refractivity contribution in [2.75, 3.05) is 12.3 Å². The van der Waals surface area contributed by atoms with E-state index >= 15 is 0 Å². The lowest BCUT2D eigenvalue weighted by molar-refractivity contribution is 0.0652. The summed E-state index contributed by atoms with van der Waals surface area (Å²) in [5.74, 6) is 0.632. The molecule has 5 nitrogen and oxygen atoms in total. The van der Waals surface area contributed by atoms with Crippen molar-refractivity contribution in [2.45, 2.75) is 36.9 Å². The van der Waals surface area contributed by atoms with Crippen LogP contribution in [-0.2, 0) is 0 Å². The minimum absolute atomic E-state index is 0.160. The number of carbonyl (C=O) groups is 2. The first-order valence-electron chi connectivity index (χ1n) is 8.36. The summed E-state index contributed by atoms with van der Waals surface area (Å²) in [6.07, 6.45) is 8.20. The minimum Gasteiger partial charge on any atom is -0.323 e. The number of rotatable bonds is 7. The van der Waals surface area contributed by atoms with Crippen LogP contribution in [-0.4, -0.2) is 38.6 Å². The molecule has 4 rings (SSSR count). The molecule has 2 aliphatic rings. The number of fused-ring (bicyclic) bond motifs is 1. The predicted octanol–water partition coefficient (Wildman–Crippen LogP) is 3.39. The smallest absolute Gasteiger partial charge is 0.261 e. The van der Waals surface area contributed by atoms with Crippen molar-refractivity contribution in [2.24, 2.45) is 0 Å². The van der Waals surface area contributed by atoms with Gasteiger partial charge in [-0.1, -0.05) is 23.9 Å². The zero-order valence-corrected chi connectivity index (χ0v) is 14.2. The van der Waals surface area contributed by atoms with Gasteiger partial charge in [-0.25, -0.2) is 4.98 Å². The van der Waals surface area contributed by atoms with E-state index in [0.29, 0.717) is 23.7 Å². The number of nitrogens with zero attached hydrogens (tertiary/aromatic N) is 3. The van der Waals surface area contributed by atoms with E-state index in [4.69, 9.17) is 0 Å². The van der Waals surface area contributed by atoms with Crippen LogP contribution in [0.4, 0.5) is 0 Å². The lowest BCUT2D eigenvalue weighted by atomic mass is 10.1. The molecule has 2 heterocycles. The Bertz CT molecular complexity index is 747. The fourth-order valence-electron chi connectivity index (χ4n) is 3.02. The van der Waals surface area contributed by atoms with Gasteiger partial charge < -0.3 is 4.57 Å². The third-order valence-corrected chi connectivity index (χ3v) is 5.53. The van der Waals surface area contributed by atoms with Gasteiger partial charge in [0.05, 0.1) is 11.1 Å². The van der Waals surface area contributed by atoms with E-state index in [9.17, 15) is 9.59 Å². The monoisotopic (exact) mass is 341 g/mol. The lowest BCUT2D eigenvalue weighted by Crippen LogP contribution is -2.30. The Morgan fingerprint density at radius 1 is 1.08 bits per heavy atom. The van der Waals surface area contributed by atoms with Gasteiger partial charge in [0.25, 0.3) is 11.8 Å². The average molecular weight is 341 g/mol. The second-order valence-corrected chi connectivity index (χ2v) is 7.27. The molecule has 124 valence electrons. The van der Waals surface area contributed by atoms with Gasteiger partial charge in [0.2, 0.25) is 0 Å². The Balaban J connectivity index is 1.26. The van der Waals surface area contributed by atoms with Gasteiger partial charge in [0.15, 0.2) is 5.16 Å². The topological polar surface area (TPSA) is 55.2 Å². The summed E-state index contributed by atoms with van der Waals surface area (Å²) in [6, 6.07) is 7.69. The summed E-state index contributed by atoms with van der Waals surface area (Å²) >= 11 is 1.76. The molecule has 0 radical (unpaired) electrons. The van der Waals surface area contributed by atoms with Gasteiger partial charge in [-0.3, -0.25) is 14.5 Å². The van der Waals surface area contributed by atoms with E-state index < -0.39 is 0 Å². The van der Waals surface area contributed by atoms with Crippen LogP contribution < -0.4 is 0 Å². The highest BCUT2D eigenvalue weighted by molar-refractivity contribution is 7.99. The molecular formula is C18H19N3O2S. The van der Waals surface area contributed by atoms with Crippen molar-refractivity contribution in [1.29, 1.82) is 0 Å². The SMILES string of the molecule is O=C1c2ccccc2C(=O)N1CCCCSc1nccn1C1CC1. The highest BCUT2D eigenvalue weighted by Crippen LogP contribution is 2.37. The van der Waals surface area contributed by atoms with Crippen LogP contribution in [0.3, 0.4) is 0 Å². The molecule has 0 atom stereocenters. The van der Waals surface area contributed by atoms with Crippen LogP contribution in [0, 0.1) is 0 Å². The molecular weight excluding hydrogens is 322 g/mol. The normalized spacial score (nSPS) is 16.8. The molecule has 1 aliphatic carbocycles. The minimum atomic E-state index is -0.160. The van der Waals surface area contributed by atoms with Gasteiger partial charge >= 0.3 is 0 Å². The Morgan fingerprint density at radius 2 is 1.79 bits per heavy atom. The van der Waals surface area contributed by atoms with Gasteiger partial charge in [-0.05, 0) is 37.8 Å². The number of imidazole rings is 1. The molecule has 0 saturated heterocycles. The van der Waals surface area contributed by atoms with Crippen LogP contribution >= 0.6 is 11.8 Å². The number of carbonyl (C=O) groups excluding carboxylic acids is 2. The van der Waals surface area contributed by atoms with Crippen molar-refractivity contribution in [3.8, 4) is 0 Å². The zero-order valence-electron chi connectivity index (χ0n) is 13.4. The van der Waals surface area contributed by atoms with Crippen LogP contribution in [0.5, 0.6) is 0 Å². The molecule has 0 unspecified atom stereocenters. The lowest BCUT2D eigenvalue weighted by Gasteiger charge is -2.13. The Hall–Kier alpha value is -2.08. The van der Waals surface area contributed by atoms with E-state index in [0.717, 1.165) is 23.8 Å². The molecule has 24 heavy (non-hydrogen) atoms. The Labute approximate surface area is 145 Å². The second kappa shape index (κ2) is 6.43. The molecule has 0 spiro atoms. The quantitative estimate of drug-likeness (QED) is 0.440. The molecule has 1 aromatic carbocycles. The molecule has 0 bridgehead atoms. The first kappa shape index (κ1) is 15.4. The first-order chi connectivity index (χ1) is 11.8. The average Bonchev–Trinajstić information content (AvgIpc) is 3.30. The Morgan fingerprint density at radius 3 is 2.46 bits per heavy atom. The maximum Gasteiger partial charge on any atom is 0.261 e. The fourth-order valence-corrected chi connectivity index (χ4v) is 4.04. The Kier molecular flexibility index (Phi) is 4.14. The van der Waals surface area contributed by atoms with Crippen LogP contribution in [0.15, 0.2) is 41.8 Å².